The van der Waals surface area contributed by atoms with Crippen LogP contribution in [-0.2, 0) is 16.2 Å². The third-order valence-electron chi connectivity index (χ3n) is 15.3. The van der Waals surface area contributed by atoms with E-state index >= 15 is 0 Å². The molecule has 3 aliphatic rings. The van der Waals surface area contributed by atoms with E-state index in [9.17, 15) is 0 Å². The van der Waals surface area contributed by atoms with Crippen LogP contribution in [0.25, 0.3) is 93.6 Å². The van der Waals surface area contributed by atoms with Gasteiger partial charge in [0.25, 0.3) is 0 Å². The second-order valence-corrected chi connectivity index (χ2v) is 21.3. The number of furan rings is 2. The van der Waals surface area contributed by atoms with Crippen molar-refractivity contribution in [3.05, 3.63) is 162 Å². The third-order valence-corrected chi connectivity index (χ3v) is 15.3. The van der Waals surface area contributed by atoms with Crippen LogP contribution in [0.4, 0.5) is 11.4 Å². The van der Waals surface area contributed by atoms with Crippen molar-refractivity contribution in [3.8, 4) is 27.9 Å². The average molecular weight is 827 g/mol. The molecule has 0 radical (unpaired) electrons. The number of anilines is 2. The number of nitrogens with zero attached hydrogens (tertiary/aromatic N) is 2. The van der Waals surface area contributed by atoms with E-state index in [-0.39, 0.29) is 23.1 Å². The molecule has 0 amide bonds. The quantitative estimate of drug-likeness (QED) is 0.155. The highest BCUT2D eigenvalue weighted by Gasteiger charge is 2.48. The predicted molar refractivity (Wildman–Crippen MR) is 269 cm³/mol. The van der Waals surface area contributed by atoms with Gasteiger partial charge in [-0.1, -0.05) is 140 Å². The van der Waals surface area contributed by atoms with Crippen molar-refractivity contribution >= 4 is 94.8 Å². The molecule has 0 saturated heterocycles. The Hall–Kier alpha value is -6.98. The van der Waals surface area contributed by atoms with E-state index in [1.165, 1.54) is 82.7 Å². The number of rotatable bonds is 1. The van der Waals surface area contributed by atoms with Crippen molar-refractivity contribution in [2.75, 3.05) is 4.81 Å². The van der Waals surface area contributed by atoms with E-state index in [2.05, 4.69) is 204 Å². The van der Waals surface area contributed by atoms with E-state index in [0.717, 1.165) is 55.4 Å². The Morgan fingerprint density at radius 1 is 0.516 bits per heavy atom. The van der Waals surface area contributed by atoms with Crippen LogP contribution in [0.5, 0.6) is 0 Å². The van der Waals surface area contributed by atoms with Gasteiger partial charge in [-0.2, -0.15) is 0 Å². The minimum absolute atomic E-state index is 0.0119. The SMILES string of the molecule is CC(C)(C)c1ccc(N2B3c4cc5c(cc4-n4c6ccc(C(C)(C)C)cc6c6c7oc8ccccc8c7c(c3c64)-c3cc4oc6ccccc6c4cc32)C(C)(C)c2ccccc2-5)cc1. The van der Waals surface area contributed by atoms with Gasteiger partial charge in [0.05, 0.1) is 16.4 Å². The first-order chi connectivity index (χ1) is 30.8. The summed E-state index contributed by atoms with van der Waals surface area (Å²) in [6.45, 7) is 18.5. The van der Waals surface area contributed by atoms with Gasteiger partial charge in [-0.3, -0.25) is 0 Å². The molecule has 308 valence electrons. The molecule has 5 heteroatoms. The van der Waals surface area contributed by atoms with Gasteiger partial charge in [0.15, 0.2) is 0 Å². The minimum atomic E-state index is -0.174. The third kappa shape index (κ3) is 4.49. The van der Waals surface area contributed by atoms with Gasteiger partial charge in [-0.05, 0) is 115 Å². The number of hydrogen-bond acceptors (Lipinski definition) is 3. The molecule has 2 aliphatic heterocycles. The van der Waals surface area contributed by atoms with Gasteiger partial charge in [0, 0.05) is 55.0 Å². The molecule has 64 heavy (non-hydrogen) atoms. The largest absolute Gasteiger partial charge is 0.456 e. The Kier molecular flexibility index (Phi) is 6.72. The molecule has 0 fully saturated rings. The zero-order chi connectivity index (χ0) is 43.3. The summed E-state index contributed by atoms with van der Waals surface area (Å²) in [6.07, 6.45) is 0. The molecule has 4 nitrogen and oxygen atoms in total. The summed E-state index contributed by atoms with van der Waals surface area (Å²) in [5.41, 5.74) is 22.4. The first-order valence-corrected chi connectivity index (χ1v) is 22.9. The van der Waals surface area contributed by atoms with Crippen molar-refractivity contribution in [1.82, 2.24) is 4.57 Å². The van der Waals surface area contributed by atoms with Crippen LogP contribution in [0, 0.1) is 0 Å². The van der Waals surface area contributed by atoms with Gasteiger partial charge in [0.1, 0.15) is 22.3 Å². The Morgan fingerprint density at radius 3 is 1.97 bits per heavy atom. The maximum atomic E-state index is 7.23. The number of aromatic nitrogens is 1. The lowest BCUT2D eigenvalue weighted by Crippen LogP contribution is -2.60. The molecule has 0 saturated carbocycles. The van der Waals surface area contributed by atoms with Crippen molar-refractivity contribution < 1.29 is 8.83 Å². The molecule has 0 bridgehead atoms. The van der Waals surface area contributed by atoms with Crippen molar-refractivity contribution in [2.45, 2.75) is 71.6 Å². The lowest BCUT2D eigenvalue weighted by atomic mass is 9.43. The fraction of sp³-hybridized carbons (Fsp3) is 0.186. The normalized spacial score (nSPS) is 14.9. The zero-order valence-electron chi connectivity index (χ0n) is 37.6. The van der Waals surface area contributed by atoms with Crippen LogP contribution in [0.2, 0.25) is 0 Å². The van der Waals surface area contributed by atoms with Crippen LogP contribution < -0.4 is 15.7 Å². The molecule has 5 heterocycles. The van der Waals surface area contributed by atoms with Crippen molar-refractivity contribution in [1.29, 1.82) is 0 Å². The lowest BCUT2D eigenvalue weighted by Gasteiger charge is -2.42. The van der Waals surface area contributed by atoms with Gasteiger partial charge in [0.2, 0.25) is 0 Å². The van der Waals surface area contributed by atoms with E-state index < -0.39 is 0 Å². The zero-order valence-corrected chi connectivity index (χ0v) is 37.6. The van der Waals surface area contributed by atoms with Crippen LogP contribution >= 0.6 is 0 Å². The fourth-order valence-corrected chi connectivity index (χ4v) is 12.1. The highest BCUT2D eigenvalue weighted by molar-refractivity contribution is 6.94. The molecule has 1 aliphatic carbocycles. The Morgan fingerprint density at radius 2 is 1.20 bits per heavy atom. The van der Waals surface area contributed by atoms with Crippen LogP contribution in [0.3, 0.4) is 0 Å². The number of para-hydroxylation sites is 2. The van der Waals surface area contributed by atoms with E-state index in [4.69, 9.17) is 8.83 Å². The number of hydrogen-bond donors (Lipinski definition) is 0. The predicted octanol–water partition coefficient (Wildman–Crippen LogP) is 14.7. The van der Waals surface area contributed by atoms with E-state index in [1.54, 1.807) is 0 Å². The van der Waals surface area contributed by atoms with Gasteiger partial charge in [-0.15, -0.1) is 0 Å². The molecular formula is C59H47BN2O2. The molecule has 14 rings (SSSR count). The second kappa shape index (κ2) is 11.8. The van der Waals surface area contributed by atoms with E-state index in [1.807, 2.05) is 0 Å². The summed E-state index contributed by atoms with van der Waals surface area (Å²) in [5.74, 6) is 0. The van der Waals surface area contributed by atoms with Gasteiger partial charge < -0.3 is 18.2 Å². The molecule has 0 atom stereocenters. The van der Waals surface area contributed by atoms with E-state index in [0.29, 0.717) is 0 Å². The monoisotopic (exact) mass is 826 g/mol. The Labute approximate surface area is 372 Å². The molecule has 0 spiro atoms. The van der Waals surface area contributed by atoms with Crippen LogP contribution in [0.15, 0.2) is 148 Å². The number of benzene rings is 8. The van der Waals surface area contributed by atoms with Crippen molar-refractivity contribution in [3.63, 3.8) is 0 Å². The summed E-state index contributed by atoms with van der Waals surface area (Å²) in [6, 6.07) is 52.7. The average Bonchev–Trinajstić information content (AvgIpc) is 4.01. The lowest BCUT2D eigenvalue weighted by molar-refractivity contribution is 0.590. The highest BCUT2D eigenvalue weighted by atomic mass is 16.3. The molecule has 0 unspecified atom stereocenters. The summed E-state index contributed by atoms with van der Waals surface area (Å²) < 4.78 is 16.6. The first-order valence-electron chi connectivity index (χ1n) is 22.9. The molecule has 11 aromatic rings. The molecule has 8 aromatic carbocycles. The van der Waals surface area contributed by atoms with Gasteiger partial charge >= 0.3 is 6.85 Å². The van der Waals surface area contributed by atoms with Crippen LogP contribution in [-0.4, -0.2) is 11.4 Å². The fourth-order valence-electron chi connectivity index (χ4n) is 12.1. The molecule has 0 N–H and O–H groups in total. The molecular weight excluding hydrogens is 779 g/mol. The Bertz CT molecular complexity index is 3900. The summed E-state index contributed by atoms with van der Waals surface area (Å²) in [7, 11) is 0. The molecule has 3 aromatic heterocycles. The topological polar surface area (TPSA) is 34.5 Å². The number of fused-ring (bicyclic) bond motifs is 19. The van der Waals surface area contributed by atoms with Crippen LogP contribution in [0.1, 0.15) is 77.6 Å². The summed E-state index contributed by atoms with van der Waals surface area (Å²) in [5, 5.41) is 6.95. The summed E-state index contributed by atoms with van der Waals surface area (Å²) in [4.78, 5) is 2.66. The summed E-state index contributed by atoms with van der Waals surface area (Å²) >= 11 is 0. The van der Waals surface area contributed by atoms with Gasteiger partial charge in [-0.25, -0.2) is 0 Å². The van der Waals surface area contributed by atoms with Crippen molar-refractivity contribution in [2.24, 2.45) is 0 Å². The maximum Gasteiger partial charge on any atom is 0.333 e. The highest BCUT2D eigenvalue weighted by Crippen LogP contribution is 2.55. The second-order valence-electron chi connectivity index (χ2n) is 21.3. The minimum Gasteiger partial charge on any atom is -0.456 e. The first kappa shape index (κ1) is 36.5. The maximum absolute atomic E-state index is 7.23. The smallest absolute Gasteiger partial charge is 0.333 e. The standard InChI is InChI=1S/C59H47BN2O2/c1-57(2,3)32-21-24-34(25-22-32)62-46-29-39-36-16-10-13-19-48(36)63-50(39)30-41(46)51-52-37-17-11-14-20-49(37)64-56(52)53-40-27-33(58(4,5)6)23-26-45(40)61-47-31-43-38(28-44(47)60(62)54(51)55(53)61)35-15-9-12-18-42(35)59(43,7)8/h9-31H,1-8H3. The Balaban J connectivity index is 1.23.